The Balaban J connectivity index is 2.76. The molecule has 0 bridgehead atoms. The molecule has 0 N–H and O–H groups in total. The largest absolute Gasteiger partial charge is 0.469 e. The maximum atomic E-state index is 11.8. The van der Waals surface area contributed by atoms with Crippen molar-refractivity contribution in [1.29, 1.82) is 0 Å². The minimum Gasteiger partial charge on any atom is -0.469 e. The van der Waals surface area contributed by atoms with Gasteiger partial charge in [0.15, 0.2) is 15.6 Å². The number of methoxy groups -OCH3 is 1. The van der Waals surface area contributed by atoms with E-state index in [2.05, 4.69) is 4.74 Å². The fraction of sp³-hybridized carbons (Fsp3) is 0.429. The molecule has 0 aromatic heterocycles. The number of Topliss-reactive ketones (excluding diaryl/α,β-unsaturated/α-hetero) is 1. The molecule has 0 amide bonds. The molecule has 5 nitrogen and oxygen atoms in total. The topological polar surface area (TPSA) is 77.5 Å². The number of benzene rings is 1. The summed E-state index contributed by atoms with van der Waals surface area (Å²) in [5.74, 6) is -0.571. The number of hydrogen-bond donors (Lipinski definition) is 0. The van der Waals surface area contributed by atoms with Gasteiger partial charge in [-0.15, -0.1) is 0 Å². The molecule has 0 atom stereocenters. The van der Waals surface area contributed by atoms with Gasteiger partial charge in [-0.3, -0.25) is 9.59 Å². The van der Waals surface area contributed by atoms with Gasteiger partial charge < -0.3 is 4.74 Å². The van der Waals surface area contributed by atoms with Crippen LogP contribution in [0.2, 0.25) is 0 Å². The molecule has 1 aromatic rings. The second-order valence-electron chi connectivity index (χ2n) is 4.34. The Labute approximate surface area is 118 Å². The highest BCUT2D eigenvalue weighted by atomic mass is 32.2. The number of esters is 1. The molecule has 20 heavy (non-hydrogen) atoms. The maximum absolute atomic E-state index is 11.8. The third kappa shape index (κ3) is 4.45. The van der Waals surface area contributed by atoms with Crippen LogP contribution in [0.4, 0.5) is 0 Å². The third-order valence-corrected chi connectivity index (χ3v) is 4.73. The zero-order chi connectivity index (χ0) is 15.2. The van der Waals surface area contributed by atoms with Crippen molar-refractivity contribution in [3.05, 3.63) is 29.8 Å². The summed E-state index contributed by atoms with van der Waals surface area (Å²) in [6.07, 6.45) is 0.612. The first-order valence-corrected chi connectivity index (χ1v) is 7.98. The molecule has 0 radical (unpaired) electrons. The molecule has 0 heterocycles. The minimum absolute atomic E-state index is 0.0191. The van der Waals surface area contributed by atoms with E-state index >= 15 is 0 Å². The fourth-order valence-electron chi connectivity index (χ4n) is 1.70. The zero-order valence-electron chi connectivity index (χ0n) is 11.6. The lowest BCUT2D eigenvalue weighted by Crippen LogP contribution is -2.08. The second kappa shape index (κ2) is 7.19. The predicted molar refractivity (Wildman–Crippen MR) is 74.4 cm³/mol. The molecule has 0 spiro atoms. The van der Waals surface area contributed by atoms with Crippen molar-refractivity contribution in [2.75, 3.05) is 12.9 Å². The zero-order valence-corrected chi connectivity index (χ0v) is 12.4. The van der Waals surface area contributed by atoms with E-state index in [4.69, 9.17) is 0 Å². The summed E-state index contributed by atoms with van der Waals surface area (Å²) in [5, 5.41) is 0. The van der Waals surface area contributed by atoms with Crippen LogP contribution in [0.25, 0.3) is 0 Å². The van der Waals surface area contributed by atoms with Crippen molar-refractivity contribution in [2.45, 2.75) is 31.1 Å². The van der Waals surface area contributed by atoms with Crippen LogP contribution in [-0.2, 0) is 19.4 Å². The van der Waals surface area contributed by atoms with Crippen molar-refractivity contribution in [1.82, 2.24) is 0 Å². The van der Waals surface area contributed by atoms with Crippen LogP contribution in [0.5, 0.6) is 0 Å². The Hall–Kier alpha value is -1.69. The quantitative estimate of drug-likeness (QED) is 0.568. The summed E-state index contributed by atoms with van der Waals surface area (Å²) in [6, 6.07) is 5.80. The Kier molecular flexibility index (Phi) is 5.88. The van der Waals surface area contributed by atoms with Crippen LogP contribution in [0, 0.1) is 0 Å². The molecular weight excluding hydrogens is 280 g/mol. The van der Waals surface area contributed by atoms with E-state index in [0.717, 1.165) is 0 Å². The number of ether oxygens (including phenoxy) is 1. The minimum atomic E-state index is -3.27. The molecule has 0 unspecified atom stereocenters. The molecule has 0 aliphatic heterocycles. The molecular formula is C14H18O5S. The summed E-state index contributed by atoms with van der Waals surface area (Å²) in [6.45, 7) is 1.79. The number of carbonyl (C=O) groups excluding carboxylic acids is 2. The molecule has 0 aliphatic carbocycles. The summed E-state index contributed by atoms with van der Waals surface area (Å²) in [5.41, 5.74) is 0.393. The molecule has 1 rings (SSSR count). The lowest BCUT2D eigenvalue weighted by molar-refractivity contribution is -0.140. The first-order valence-electron chi connectivity index (χ1n) is 6.33. The van der Waals surface area contributed by atoms with Crippen molar-refractivity contribution >= 4 is 21.6 Å². The van der Waals surface area contributed by atoms with Crippen molar-refractivity contribution in [3.8, 4) is 0 Å². The van der Waals surface area contributed by atoms with Gasteiger partial charge >= 0.3 is 5.97 Å². The Bertz CT molecular complexity index is 572. The summed E-state index contributed by atoms with van der Waals surface area (Å²) in [4.78, 5) is 23.0. The van der Waals surface area contributed by atoms with Gasteiger partial charge in [0.2, 0.25) is 0 Å². The molecule has 110 valence electrons. The standard InChI is InChI=1S/C14H18O5S/c1-3-10-20(17,18)12-6-4-11(5-7-12)13(15)8-9-14(16)19-2/h4-7H,3,8-10H2,1-2H3. The number of hydrogen-bond acceptors (Lipinski definition) is 5. The number of ketones is 1. The Morgan fingerprint density at radius 3 is 2.20 bits per heavy atom. The van der Waals surface area contributed by atoms with Gasteiger partial charge in [0, 0.05) is 12.0 Å². The Morgan fingerprint density at radius 1 is 1.10 bits per heavy atom. The normalized spacial score (nSPS) is 11.1. The van der Waals surface area contributed by atoms with E-state index in [-0.39, 0.29) is 29.3 Å². The van der Waals surface area contributed by atoms with Gasteiger partial charge in [0.25, 0.3) is 0 Å². The van der Waals surface area contributed by atoms with Crippen LogP contribution < -0.4 is 0 Å². The molecule has 0 fully saturated rings. The van der Waals surface area contributed by atoms with E-state index in [1.807, 2.05) is 0 Å². The summed E-state index contributed by atoms with van der Waals surface area (Å²) in [7, 11) is -2.00. The Morgan fingerprint density at radius 2 is 1.70 bits per heavy atom. The second-order valence-corrected chi connectivity index (χ2v) is 6.45. The van der Waals surface area contributed by atoms with Gasteiger partial charge in [-0.25, -0.2) is 8.42 Å². The van der Waals surface area contributed by atoms with Gasteiger partial charge in [0.1, 0.15) is 0 Å². The van der Waals surface area contributed by atoms with Gasteiger partial charge in [-0.1, -0.05) is 19.1 Å². The highest BCUT2D eigenvalue weighted by molar-refractivity contribution is 7.91. The van der Waals surface area contributed by atoms with Crippen molar-refractivity contribution in [2.24, 2.45) is 0 Å². The average Bonchev–Trinajstić information content (AvgIpc) is 2.44. The monoisotopic (exact) mass is 298 g/mol. The average molecular weight is 298 g/mol. The van der Waals surface area contributed by atoms with Gasteiger partial charge in [0.05, 0.1) is 24.2 Å². The molecule has 0 saturated heterocycles. The van der Waals surface area contributed by atoms with Gasteiger partial charge in [-0.2, -0.15) is 0 Å². The van der Waals surface area contributed by atoms with Crippen LogP contribution in [0.3, 0.4) is 0 Å². The van der Waals surface area contributed by atoms with E-state index in [9.17, 15) is 18.0 Å². The third-order valence-electron chi connectivity index (χ3n) is 2.79. The SMILES string of the molecule is CCCS(=O)(=O)c1ccc(C(=O)CCC(=O)OC)cc1. The first kappa shape index (κ1) is 16.4. The molecule has 6 heteroatoms. The van der Waals surface area contributed by atoms with Gasteiger partial charge in [-0.05, 0) is 18.6 Å². The first-order chi connectivity index (χ1) is 9.40. The summed E-state index contributed by atoms with van der Waals surface area (Å²) >= 11 is 0. The van der Waals surface area contributed by atoms with E-state index < -0.39 is 15.8 Å². The molecule has 1 aromatic carbocycles. The molecule has 0 aliphatic rings. The maximum Gasteiger partial charge on any atom is 0.305 e. The number of rotatable bonds is 7. The smallest absolute Gasteiger partial charge is 0.305 e. The lowest BCUT2D eigenvalue weighted by atomic mass is 10.1. The highest BCUT2D eigenvalue weighted by Gasteiger charge is 2.14. The van der Waals surface area contributed by atoms with Crippen LogP contribution in [0.15, 0.2) is 29.2 Å². The van der Waals surface area contributed by atoms with Crippen molar-refractivity contribution < 1.29 is 22.7 Å². The van der Waals surface area contributed by atoms with Crippen molar-refractivity contribution in [3.63, 3.8) is 0 Å². The van der Waals surface area contributed by atoms with E-state index in [0.29, 0.717) is 12.0 Å². The number of carbonyl (C=O) groups is 2. The summed E-state index contributed by atoms with van der Waals surface area (Å²) < 4.78 is 28.1. The molecule has 0 saturated carbocycles. The highest BCUT2D eigenvalue weighted by Crippen LogP contribution is 2.15. The van der Waals surface area contributed by atoms with Crippen LogP contribution in [-0.4, -0.2) is 33.0 Å². The van der Waals surface area contributed by atoms with E-state index in [1.54, 1.807) is 6.92 Å². The van der Waals surface area contributed by atoms with Crippen LogP contribution >= 0.6 is 0 Å². The lowest BCUT2D eigenvalue weighted by Gasteiger charge is -2.04. The number of sulfone groups is 1. The van der Waals surface area contributed by atoms with E-state index in [1.165, 1.54) is 31.4 Å². The van der Waals surface area contributed by atoms with Crippen LogP contribution in [0.1, 0.15) is 36.5 Å². The fourth-order valence-corrected chi connectivity index (χ4v) is 3.02. The predicted octanol–water partition coefficient (Wildman–Crippen LogP) is 2.01.